The van der Waals surface area contributed by atoms with Gasteiger partial charge in [0.2, 0.25) is 23.6 Å². The minimum Gasteiger partial charge on any atom is -0.356 e. The molecule has 0 aromatic rings. The molecule has 0 radical (unpaired) electrons. The summed E-state index contributed by atoms with van der Waals surface area (Å²) in [5.41, 5.74) is -0.332. The topological polar surface area (TPSA) is 175 Å². The van der Waals surface area contributed by atoms with E-state index in [9.17, 15) is 19.2 Å². The number of hydrogen-bond acceptors (Lipinski definition) is 8. The fourth-order valence-corrected chi connectivity index (χ4v) is 7.96. The zero-order valence-corrected chi connectivity index (χ0v) is 31.6. The first-order chi connectivity index (χ1) is 22.2. The molecule has 12 heteroatoms. The Morgan fingerprint density at radius 3 is 1.12 bits per heavy atom. The lowest BCUT2D eigenvalue weighted by atomic mass is 9.79. The second kappa shape index (κ2) is 18.6. The number of piperidine rings is 2. The maximum Gasteiger partial charge on any atom is 0.236 e. The van der Waals surface area contributed by atoms with Crippen LogP contribution in [0, 0.1) is 0 Å². The molecular formula is C36H70N8O4. The Labute approximate surface area is 290 Å². The second-order valence-electron chi connectivity index (χ2n) is 17.0. The predicted octanol–water partition coefficient (Wildman–Crippen LogP) is 3.92. The number of carbonyl (C=O) groups is 4. The SMILES string of the molecule is CC1(C)CC(N(N)C(=O)CCCCC(=O)NCCCCCCNC(=O)CCCCC(=O)N(N)C2CC(C)(C)NC(C)(C)C2)CC(C)(C)N1. The van der Waals surface area contributed by atoms with E-state index in [-0.39, 0.29) is 57.9 Å². The number of unbranched alkanes of at least 4 members (excludes halogenated alkanes) is 5. The lowest BCUT2D eigenvalue weighted by Gasteiger charge is -2.48. The Morgan fingerprint density at radius 1 is 0.521 bits per heavy atom. The Bertz CT molecular complexity index is 947. The van der Waals surface area contributed by atoms with Crippen LogP contribution in [0.2, 0.25) is 0 Å². The van der Waals surface area contributed by atoms with E-state index in [1.165, 1.54) is 10.0 Å². The van der Waals surface area contributed by atoms with Crippen LogP contribution in [-0.2, 0) is 19.2 Å². The third-order valence-electron chi connectivity index (χ3n) is 9.54. The first-order valence-electron chi connectivity index (χ1n) is 18.5. The average molecular weight is 679 g/mol. The Morgan fingerprint density at radius 2 is 0.812 bits per heavy atom. The van der Waals surface area contributed by atoms with Crippen molar-refractivity contribution in [3.05, 3.63) is 0 Å². The number of nitrogens with two attached hydrogens (primary N) is 2. The van der Waals surface area contributed by atoms with Gasteiger partial charge in [0, 0.05) is 60.9 Å². The zero-order chi connectivity index (χ0) is 36.2. The van der Waals surface area contributed by atoms with E-state index in [0.717, 1.165) is 51.4 Å². The molecule has 278 valence electrons. The summed E-state index contributed by atoms with van der Waals surface area (Å²) in [7, 11) is 0. The van der Waals surface area contributed by atoms with E-state index >= 15 is 0 Å². The summed E-state index contributed by atoms with van der Waals surface area (Å²) in [6.07, 6.45) is 11.1. The number of amides is 4. The van der Waals surface area contributed by atoms with Crippen molar-refractivity contribution in [1.82, 2.24) is 31.3 Å². The van der Waals surface area contributed by atoms with Crippen LogP contribution in [0.4, 0.5) is 0 Å². The molecule has 8 N–H and O–H groups in total. The minimum absolute atomic E-state index is 0.00550. The smallest absolute Gasteiger partial charge is 0.236 e. The normalized spacial score (nSPS) is 20.1. The van der Waals surface area contributed by atoms with E-state index in [2.05, 4.69) is 76.7 Å². The molecule has 2 heterocycles. The standard InChI is InChI=1S/C36H70N8O4/c1-33(2)23-27(24-34(3,4)41-33)43(37)31(47)19-13-11-17-29(45)39-21-15-9-10-16-22-40-30(46)18-12-14-20-32(48)44(38)28-25-35(5,6)42-36(7,8)26-28/h27-28,41-42H,9-26,37-38H2,1-8H3,(H,39,45)(H,40,46). The highest BCUT2D eigenvalue weighted by Crippen LogP contribution is 2.32. The van der Waals surface area contributed by atoms with Gasteiger partial charge in [-0.1, -0.05) is 12.8 Å². The first kappa shape index (κ1) is 41.9. The van der Waals surface area contributed by atoms with Crippen molar-refractivity contribution in [3.63, 3.8) is 0 Å². The molecule has 4 amide bonds. The van der Waals surface area contributed by atoms with Crippen LogP contribution >= 0.6 is 0 Å². The van der Waals surface area contributed by atoms with Gasteiger partial charge in [-0.3, -0.25) is 29.2 Å². The molecule has 0 aliphatic carbocycles. The van der Waals surface area contributed by atoms with Gasteiger partial charge in [0.25, 0.3) is 0 Å². The molecule has 2 aliphatic rings. The lowest BCUT2D eigenvalue weighted by Crippen LogP contribution is -2.64. The molecular weight excluding hydrogens is 608 g/mol. The van der Waals surface area contributed by atoms with E-state index in [4.69, 9.17) is 11.7 Å². The van der Waals surface area contributed by atoms with Crippen LogP contribution in [0.25, 0.3) is 0 Å². The van der Waals surface area contributed by atoms with Crippen molar-refractivity contribution in [2.75, 3.05) is 13.1 Å². The molecule has 0 atom stereocenters. The molecule has 48 heavy (non-hydrogen) atoms. The van der Waals surface area contributed by atoms with Crippen LogP contribution < -0.4 is 33.0 Å². The molecule has 0 unspecified atom stereocenters. The number of carbonyl (C=O) groups excluding carboxylic acids is 4. The van der Waals surface area contributed by atoms with E-state index in [1.807, 2.05) is 0 Å². The van der Waals surface area contributed by atoms with Crippen molar-refractivity contribution in [1.29, 1.82) is 0 Å². The highest BCUT2D eigenvalue weighted by Gasteiger charge is 2.41. The summed E-state index contributed by atoms with van der Waals surface area (Å²) >= 11 is 0. The molecule has 2 saturated heterocycles. The van der Waals surface area contributed by atoms with Crippen molar-refractivity contribution >= 4 is 23.6 Å². The summed E-state index contributed by atoms with van der Waals surface area (Å²) in [6, 6.07) is 0.0110. The van der Waals surface area contributed by atoms with E-state index < -0.39 is 0 Å². The molecule has 0 bridgehead atoms. The summed E-state index contributed by atoms with van der Waals surface area (Å²) in [4.78, 5) is 49.8. The fraction of sp³-hybridized carbons (Fsp3) is 0.889. The molecule has 0 saturated carbocycles. The van der Waals surface area contributed by atoms with Gasteiger partial charge in [0.1, 0.15) is 0 Å². The third kappa shape index (κ3) is 16.0. The van der Waals surface area contributed by atoms with Crippen LogP contribution in [0.3, 0.4) is 0 Å². The van der Waals surface area contributed by atoms with Gasteiger partial charge in [0.05, 0.1) is 12.1 Å². The van der Waals surface area contributed by atoms with E-state index in [1.54, 1.807) is 0 Å². The van der Waals surface area contributed by atoms with Crippen molar-refractivity contribution < 1.29 is 19.2 Å². The number of nitrogens with zero attached hydrogens (tertiary/aromatic N) is 2. The van der Waals surface area contributed by atoms with Gasteiger partial charge in [-0.25, -0.2) is 11.7 Å². The number of nitrogens with one attached hydrogen (secondary N) is 4. The predicted molar refractivity (Wildman–Crippen MR) is 192 cm³/mol. The molecule has 2 rings (SSSR count). The maximum atomic E-state index is 12.7. The highest BCUT2D eigenvalue weighted by atomic mass is 16.2. The number of hydrogen-bond donors (Lipinski definition) is 6. The molecule has 0 aromatic heterocycles. The Kier molecular flexibility index (Phi) is 16.3. The second-order valence-corrected chi connectivity index (χ2v) is 17.0. The molecule has 0 aromatic carbocycles. The summed E-state index contributed by atoms with van der Waals surface area (Å²) in [6.45, 7) is 18.4. The average Bonchev–Trinajstić information content (AvgIpc) is 2.94. The van der Waals surface area contributed by atoms with Crippen LogP contribution in [0.1, 0.15) is 158 Å². The molecule has 0 spiro atoms. The van der Waals surface area contributed by atoms with Gasteiger partial charge in [-0.05, 0) is 120 Å². The van der Waals surface area contributed by atoms with Crippen LogP contribution in [0.15, 0.2) is 0 Å². The minimum atomic E-state index is -0.0830. The Hall–Kier alpha value is -2.28. The highest BCUT2D eigenvalue weighted by molar-refractivity contribution is 5.77. The van der Waals surface area contributed by atoms with Crippen molar-refractivity contribution in [2.45, 2.75) is 192 Å². The van der Waals surface area contributed by atoms with Crippen molar-refractivity contribution in [3.8, 4) is 0 Å². The summed E-state index contributed by atoms with van der Waals surface area (Å²) in [5.74, 6) is 12.4. The monoisotopic (exact) mass is 679 g/mol. The maximum absolute atomic E-state index is 12.7. The van der Waals surface area contributed by atoms with Crippen molar-refractivity contribution in [2.24, 2.45) is 11.7 Å². The molecule has 2 fully saturated rings. The van der Waals surface area contributed by atoms with Gasteiger partial charge >= 0.3 is 0 Å². The van der Waals surface area contributed by atoms with Gasteiger partial charge in [-0.2, -0.15) is 0 Å². The van der Waals surface area contributed by atoms with Gasteiger partial charge in [0.15, 0.2) is 0 Å². The zero-order valence-electron chi connectivity index (χ0n) is 31.6. The van der Waals surface area contributed by atoms with E-state index in [0.29, 0.717) is 64.5 Å². The largest absolute Gasteiger partial charge is 0.356 e. The third-order valence-corrected chi connectivity index (χ3v) is 9.54. The molecule has 2 aliphatic heterocycles. The summed E-state index contributed by atoms with van der Waals surface area (Å²) in [5, 5.41) is 16.0. The van der Waals surface area contributed by atoms with Crippen LogP contribution in [-0.4, -0.2) is 81.0 Å². The van der Waals surface area contributed by atoms with Crippen LogP contribution in [0.5, 0.6) is 0 Å². The van der Waals surface area contributed by atoms with Gasteiger partial charge in [-0.15, -0.1) is 0 Å². The number of hydrazine groups is 2. The fourth-order valence-electron chi connectivity index (χ4n) is 7.96. The first-order valence-corrected chi connectivity index (χ1v) is 18.5. The Balaban J connectivity index is 1.44. The number of rotatable bonds is 19. The lowest BCUT2D eigenvalue weighted by molar-refractivity contribution is -0.136. The quantitative estimate of drug-likeness (QED) is 0.0516. The van der Waals surface area contributed by atoms with Gasteiger partial charge < -0.3 is 21.3 Å². The molecule has 12 nitrogen and oxygen atoms in total. The summed E-state index contributed by atoms with van der Waals surface area (Å²) < 4.78 is 0.